The molecule has 0 bridgehead atoms. The number of anilines is 1. The van der Waals surface area contributed by atoms with Crippen LogP contribution < -0.4 is 16.0 Å². The van der Waals surface area contributed by atoms with Crippen molar-refractivity contribution in [2.75, 3.05) is 11.1 Å². The van der Waals surface area contributed by atoms with Crippen LogP contribution in [0.15, 0.2) is 34.5 Å². The molecule has 0 aromatic heterocycles. The number of thioether (sulfide) groups is 2. The van der Waals surface area contributed by atoms with Crippen molar-refractivity contribution >= 4 is 68.9 Å². The molecule has 25 heavy (non-hydrogen) atoms. The van der Waals surface area contributed by atoms with Crippen molar-refractivity contribution < 1.29 is 14.4 Å². The summed E-state index contributed by atoms with van der Waals surface area (Å²) in [5.74, 6) is 0.254. The number of nitrogens with one attached hydrogen (secondary N) is 3. The van der Waals surface area contributed by atoms with Gasteiger partial charge in [0.1, 0.15) is 11.1 Å². The van der Waals surface area contributed by atoms with Gasteiger partial charge in [-0.15, -0.1) is 10.2 Å². The van der Waals surface area contributed by atoms with Gasteiger partial charge < -0.3 is 16.0 Å². The molecular weight excluding hydrogens is 386 g/mol. The van der Waals surface area contributed by atoms with Crippen LogP contribution in [0.1, 0.15) is 6.42 Å². The third-order valence-electron chi connectivity index (χ3n) is 3.12. The normalized spacial score (nSPS) is 23.0. The smallest absolute Gasteiger partial charge is 0.284 e. The number of amidine groups is 2. The Kier molecular flexibility index (Phi) is 5.61. The van der Waals surface area contributed by atoms with E-state index in [9.17, 15) is 14.4 Å². The second kappa shape index (κ2) is 7.89. The third-order valence-corrected chi connectivity index (χ3v) is 5.23. The second-order valence-electron chi connectivity index (χ2n) is 5.01. The van der Waals surface area contributed by atoms with Crippen molar-refractivity contribution in [1.29, 1.82) is 0 Å². The van der Waals surface area contributed by atoms with Crippen LogP contribution in [0.4, 0.5) is 10.5 Å². The summed E-state index contributed by atoms with van der Waals surface area (Å²) in [5.41, 5.74) is 0.604. The molecule has 0 radical (unpaired) electrons. The SMILES string of the molecule is O=C(C[C@H]1S/C(=N/N=C2/CSC(=O)N2)NC1=O)Nc1ccc(Cl)cc1. The molecule has 0 aliphatic carbocycles. The standard InChI is InChI=1S/C14H12ClN5O3S2/c15-7-1-3-8(4-2-7)16-11(21)5-9-12(22)18-13(25-9)20-19-10-6-24-14(23)17-10/h1-4,9H,5-6H2,(H,16,21)(H,17,19,23)(H,18,20,22)/t9-/m1/s1. The molecule has 2 aliphatic heterocycles. The zero-order valence-electron chi connectivity index (χ0n) is 12.6. The van der Waals surface area contributed by atoms with Gasteiger partial charge in [0.15, 0.2) is 5.17 Å². The molecule has 2 saturated heterocycles. The fourth-order valence-corrected chi connectivity index (χ4v) is 3.62. The van der Waals surface area contributed by atoms with E-state index < -0.39 is 5.25 Å². The lowest BCUT2D eigenvalue weighted by Crippen LogP contribution is -2.28. The van der Waals surface area contributed by atoms with Gasteiger partial charge >= 0.3 is 0 Å². The fraction of sp³-hybridized carbons (Fsp3) is 0.214. The van der Waals surface area contributed by atoms with E-state index in [4.69, 9.17) is 11.6 Å². The van der Waals surface area contributed by atoms with Crippen LogP contribution in [-0.2, 0) is 9.59 Å². The molecule has 2 fully saturated rings. The Morgan fingerprint density at radius 1 is 1.24 bits per heavy atom. The average molecular weight is 398 g/mol. The average Bonchev–Trinajstić information content (AvgIpc) is 3.14. The lowest BCUT2D eigenvalue weighted by molar-refractivity contribution is -0.122. The maximum absolute atomic E-state index is 12.1. The summed E-state index contributed by atoms with van der Waals surface area (Å²) in [6.07, 6.45) is 0.00130. The minimum Gasteiger partial charge on any atom is -0.326 e. The predicted octanol–water partition coefficient (Wildman–Crippen LogP) is 2.03. The van der Waals surface area contributed by atoms with Crippen LogP contribution in [0.3, 0.4) is 0 Å². The van der Waals surface area contributed by atoms with E-state index in [1.807, 2.05) is 0 Å². The first-order valence-electron chi connectivity index (χ1n) is 7.11. The van der Waals surface area contributed by atoms with Gasteiger partial charge in [-0.2, -0.15) is 0 Å². The molecule has 11 heteroatoms. The Labute approximate surface area is 156 Å². The Hall–Kier alpha value is -2.04. The maximum atomic E-state index is 12.1. The largest absolute Gasteiger partial charge is 0.326 e. The quantitative estimate of drug-likeness (QED) is 0.673. The van der Waals surface area contributed by atoms with Crippen molar-refractivity contribution in [3.8, 4) is 0 Å². The van der Waals surface area contributed by atoms with Gasteiger partial charge in [0.25, 0.3) is 5.24 Å². The highest BCUT2D eigenvalue weighted by atomic mass is 35.5. The van der Waals surface area contributed by atoms with Crippen LogP contribution >= 0.6 is 35.1 Å². The molecule has 3 N–H and O–H groups in total. The zero-order valence-corrected chi connectivity index (χ0v) is 15.0. The van der Waals surface area contributed by atoms with Crippen molar-refractivity contribution in [3.05, 3.63) is 29.3 Å². The van der Waals surface area contributed by atoms with E-state index in [0.717, 1.165) is 23.5 Å². The van der Waals surface area contributed by atoms with Gasteiger partial charge in [-0.25, -0.2) is 0 Å². The summed E-state index contributed by atoms with van der Waals surface area (Å²) in [6, 6.07) is 6.69. The highest BCUT2D eigenvalue weighted by Crippen LogP contribution is 2.23. The first-order valence-corrected chi connectivity index (χ1v) is 9.35. The van der Waals surface area contributed by atoms with E-state index in [1.165, 1.54) is 0 Å². The Morgan fingerprint density at radius 2 is 2.00 bits per heavy atom. The minimum atomic E-state index is -0.584. The lowest BCUT2D eigenvalue weighted by Gasteiger charge is -2.07. The van der Waals surface area contributed by atoms with Crippen LogP contribution in [0.2, 0.25) is 5.02 Å². The molecule has 8 nitrogen and oxygen atoms in total. The third kappa shape index (κ3) is 4.97. The summed E-state index contributed by atoms with van der Waals surface area (Å²) >= 11 is 8.01. The van der Waals surface area contributed by atoms with E-state index >= 15 is 0 Å². The van der Waals surface area contributed by atoms with Crippen LogP contribution in [0.5, 0.6) is 0 Å². The number of nitrogens with zero attached hydrogens (tertiary/aromatic N) is 2. The molecule has 1 aromatic rings. The number of benzene rings is 1. The fourth-order valence-electron chi connectivity index (χ4n) is 1.98. The van der Waals surface area contributed by atoms with Gasteiger partial charge in [-0.3, -0.25) is 14.4 Å². The first-order chi connectivity index (χ1) is 12.0. The van der Waals surface area contributed by atoms with Gasteiger partial charge in [-0.1, -0.05) is 35.1 Å². The Bertz CT molecular complexity index is 781. The number of carbonyl (C=O) groups is 3. The van der Waals surface area contributed by atoms with Crippen LogP contribution in [0.25, 0.3) is 0 Å². The molecule has 1 atom stereocenters. The lowest BCUT2D eigenvalue weighted by atomic mass is 10.2. The molecule has 2 heterocycles. The highest BCUT2D eigenvalue weighted by molar-refractivity contribution is 8.15. The van der Waals surface area contributed by atoms with Gasteiger partial charge in [0.05, 0.1) is 5.75 Å². The summed E-state index contributed by atoms with van der Waals surface area (Å²) in [4.78, 5) is 35.0. The van der Waals surface area contributed by atoms with Gasteiger partial charge in [0, 0.05) is 17.1 Å². The summed E-state index contributed by atoms with van der Waals surface area (Å²) < 4.78 is 0. The van der Waals surface area contributed by atoms with Crippen LogP contribution in [-0.4, -0.2) is 39.1 Å². The second-order valence-corrected chi connectivity index (χ2v) is 7.58. The highest BCUT2D eigenvalue weighted by Gasteiger charge is 2.32. The maximum Gasteiger partial charge on any atom is 0.284 e. The van der Waals surface area contributed by atoms with Crippen molar-refractivity contribution in [2.24, 2.45) is 10.2 Å². The minimum absolute atomic E-state index is 0.00130. The summed E-state index contributed by atoms with van der Waals surface area (Å²) in [5, 5.41) is 15.7. The Balaban J connectivity index is 1.54. The van der Waals surface area contributed by atoms with Gasteiger partial charge in [-0.05, 0) is 24.3 Å². The van der Waals surface area contributed by atoms with E-state index in [-0.39, 0.29) is 23.5 Å². The molecule has 2 aliphatic rings. The molecule has 3 amide bonds. The number of amides is 3. The number of hydrogen-bond acceptors (Lipinski definition) is 7. The van der Waals surface area contributed by atoms with E-state index in [0.29, 0.717) is 27.5 Å². The monoisotopic (exact) mass is 397 g/mol. The number of hydrogen-bond donors (Lipinski definition) is 3. The molecule has 0 unspecified atom stereocenters. The van der Waals surface area contributed by atoms with Crippen LogP contribution in [0, 0.1) is 0 Å². The van der Waals surface area contributed by atoms with E-state index in [1.54, 1.807) is 24.3 Å². The van der Waals surface area contributed by atoms with E-state index in [2.05, 4.69) is 26.2 Å². The number of halogens is 1. The molecule has 0 spiro atoms. The van der Waals surface area contributed by atoms with Crippen molar-refractivity contribution in [3.63, 3.8) is 0 Å². The Morgan fingerprint density at radius 3 is 2.68 bits per heavy atom. The summed E-state index contributed by atoms with van der Waals surface area (Å²) in [7, 11) is 0. The predicted molar refractivity (Wildman–Crippen MR) is 100 cm³/mol. The topological polar surface area (TPSA) is 112 Å². The molecular formula is C14H12ClN5O3S2. The molecule has 0 saturated carbocycles. The molecule has 130 valence electrons. The summed E-state index contributed by atoms with van der Waals surface area (Å²) in [6.45, 7) is 0. The molecule has 1 aromatic carbocycles. The van der Waals surface area contributed by atoms with Crippen molar-refractivity contribution in [1.82, 2.24) is 10.6 Å². The molecule has 3 rings (SSSR count). The first kappa shape index (κ1) is 17.8. The number of rotatable bonds is 4. The van der Waals surface area contributed by atoms with Gasteiger partial charge in [0.2, 0.25) is 11.8 Å². The number of carbonyl (C=O) groups excluding carboxylic acids is 3. The zero-order chi connectivity index (χ0) is 17.8. The van der Waals surface area contributed by atoms with Crippen molar-refractivity contribution in [2.45, 2.75) is 11.7 Å².